The molecule has 3 rings (SSSR count). The zero-order valence-corrected chi connectivity index (χ0v) is 15.4. The number of hydrogen-bond donors (Lipinski definition) is 2. The van der Waals surface area contributed by atoms with E-state index in [1.807, 2.05) is 0 Å². The van der Waals surface area contributed by atoms with Gasteiger partial charge in [-0.3, -0.25) is 9.59 Å². The zero-order chi connectivity index (χ0) is 20.1. The number of amides is 2. The van der Waals surface area contributed by atoms with Gasteiger partial charge in [0.05, 0.1) is 30.2 Å². The van der Waals surface area contributed by atoms with Crippen molar-refractivity contribution in [1.29, 1.82) is 0 Å². The summed E-state index contributed by atoms with van der Waals surface area (Å²) < 4.78 is 17.6. The van der Waals surface area contributed by atoms with Gasteiger partial charge in [-0.2, -0.15) is 0 Å². The fourth-order valence-electron chi connectivity index (χ4n) is 2.99. The van der Waals surface area contributed by atoms with Crippen LogP contribution in [0.15, 0.2) is 48.5 Å². The van der Waals surface area contributed by atoms with E-state index in [1.54, 1.807) is 36.4 Å². The maximum absolute atomic E-state index is 12.9. The summed E-state index contributed by atoms with van der Waals surface area (Å²) in [4.78, 5) is 36.4. The van der Waals surface area contributed by atoms with E-state index in [1.165, 1.54) is 19.2 Å². The first-order valence-corrected chi connectivity index (χ1v) is 9.00. The summed E-state index contributed by atoms with van der Waals surface area (Å²) >= 11 is 0. The number of para-hydroxylation sites is 1. The van der Waals surface area contributed by atoms with Gasteiger partial charge >= 0.3 is 5.97 Å². The Balaban J connectivity index is 1.48. The number of halogens is 1. The summed E-state index contributed by atoms with van der Waals surface area (Å²) in [5.74, 6) is -2.11. The third kappa shape index (κ3) is 4.73. The zero-order valence-electron chi connectivity index (χ0n) is 15.4. The van der Waals surface area contributed by atoms with E-state index in [2.05, 4.69) is 10.6 Å². The van der Waals surface area contributed by atoms with Gasteiger partial charge in [0.25, 0.3) is 0 Å². The van der Waals surface area contributed by atoms with Crippen LogP contribution in [-0.2, 0) is 20.7 Å². The molecule has 2 amide bonds. The molecule has 0 heterocycles. The number of nitrogens with one attached hydrogen (secondary N) is 2. The number of esters is 1. The van der Waals surface area contributed by atoms with Crippen LogP contribution in [0.4, 0.5) is 10.1 Å². The third-order valence-corrected chi connectivity index (χ3v) is 4.68. The summed E-state index contributed by atoms with van der Waals surface area (Å²) in [7, 11) is 1.27. The number of carbonyl (C=O) groups is 3. The van der Waals surface area contributed by atoms with Gasteiger partial charge in [0.15, 0.2) is 0 Å². The van der Waals surface area contributed by atoms with Crippen molar-refractivity contribution < 1.29 is 23.5 Å². The molecule has 0 spiro atoms. The van der Waals surface area contributed by atoms with Crippen molar-refractivity contribution in [3.8, 4) is 0 Å². The molecule has 0 aromatic heterocycles. The van der Waals surface area contributed by atoms with Gasteiger partial charge in [-0.15, -0.1) is 0 Å². The van der Waals surface area contributed by atoms with Crippen LogP contribution >= 0.6 is 0 Å². The first kappa shape index (κ1) is 19.5. The average molecular weight is 384 g/mol. The lowest BCUT2D eigenvalue weighted by Crippen LogP contribution is -2.29. The van der Waals surface area contributed by atoms with Crippen molar-refractivity contribution in [2.45, 2.75) is 12.8 Å². The molecule has 0 aliphatic heterocycles. The Kier molecular flexibility index (Phi) is 6.03. The Hall–Kier alpha value is -3.22. The molecular weight excluding hydrogens is 363 g/mol. The van der Waals surface area contributed by atoms with Crippen LogP contribution in [0.3, 0.4) is 0 Å². The molecular formula is C21H21FN2O4. The Labute approximate surface area is 162 Å². The molecule has 1 saturated carbocycles. The highest BCUT2D eigenvalue weighted by molar-refractivity contribution is 6.04. The molecule has 0 radical (unpaired) electrons. The monoisotopic (exact) mass is 384 g/mol. The smallest absolute Gasteiger partial charge is 0.339 e. The maximum atomic E-state index is 12.9. The summed E-state index contributed by atoms with van der Waals surface area (Å²) in [6.45, 7) is 0.417. The Morgan fingerprint density at radius 2 is 1.71 bits per heavy atom. The second-order valence-corrected chi connectivity index (χ2v) is 6.64. The highest BCUT2D eigenvalue weighted by Crippen LogP contribution is 2.39. The minimum absolute atomic E-state index is 0.177. The van der Waals surface area contributed by atoms with Crippen LogP contribution in [0.2, 0.25) is 0 Å². The first-order valence-electron chi connectivity index (χ1n) is 9.00. The third-order valence-electron chi connectivity index (χ3n) is 4.68. The normalized spacial score (nSPS) is 17.5. The molecule has 2 aromatic carbocycles. The second kappa shape index (κ2) is 8.65. The lowest BCUT2D eigenvalue weighted by atomic mass is 10.1. The van der Waals surface area contributed by atoms with Crippen LogP contribution in [0, 0.1) is 17.7 Å². The lowest BCUT2D eigenvalue weighted by Gasteiger charge is -2.09. The molecule has 2 aromatic rings. The Bertz CT molecular complexity index is 882. The molecule has 2 atom stereocenters. The van der Waals surface area contributed by atoms with Gasteiger partial charge < -0.3 is 15.4 Å². The molecule has 7 heteroatoms. The Morgan fingerprint density at radius 3 is 2.43 bits per heavy atom. The van der Waals surface area contributed by atoms with E-state index >= 15 is 0 Å². The number of carbonyl (C=O) groups excluding carboxylic acids is 3. The first-order chi connectivity index (χ1) is 13.5. The predicted octanol–water partition coefficient (Wildman–Crippen LogP) is 2.55. The second-order valence-electron chi connectivity index (χ2n) is 6.64. The van der Waals surface area contributed by atoms with Crippen molar-refractivity contribution in [1.82, 2.24) is 5.32 Å². The molecule has 1 aliphatic carbocycles. The number of anilines is 1. The minimum Gasteiger partial charge on any atom is -0.465 e. The summed E-state index contributed by atoms with van der Waals surface area (Å²) in [6.07, 6.45) is 1.05. The van der Waals surface area contributed by atoms with E-state index in [0.717, 1.165) is 5.56 Å². The van der Waals surface area contributed by atoms with Crippen molar-refractivity contribution in [2.75, 3.05) is 19.0 Å². The number of rotatable bonds is 7. The van der Waals surface area contributed by atoms with Crippen molar-refractivity contribution >= 4 is 23.5 Å². The lowest BCUT2D eigenvalue weighted by molar-refractivity contribution is -0.125. The van der Waals surface area contributed by atoms with E-state index in [0.29, 0.717) is 25.1 Å². The number of ether oxygens (including phenoxy) is 1. The van der Waals surface area contributed by atoms with Crippen LogP contribution in [0.5, 0.6) is 0 Å². The molecule has 6 nitrogen and oxygen atoms in total. The van der Waals surface area contributed by atoms with E-state index in [4.69, 9.17) is 4.74 Å². The SMILES string of the molecule is COC(=O)c1ccccc1NC(=O)C1CC1C(=O)NCCc1ccc(F)cc1. The number of methoxy groups -OCH3 is 1. The van der Waals surface area contributed by atoms with Gasteiger partial charge in [0.1, 0.15) is 5.82 Å². The summed E-state index contributed by atoms with van der Waals surface area (Å²) in [5.41, 5.74) is 1.55. The molecule has 146 valence electrons. The van der Waals surface area contributed by atoms with Crippen LogP contribution in [0.1, 0.15) is 22.3 Å². The van der Waals surface area contributed by atoms with Gasteiger partial charge in [-0.1, -0.05) is 24.3 Å². The topological polar surface area (TPSA) is 84.5 Å². The molecule has 28 heavy (non-hydrogen) atoms. The standard InChI is InChI=1S/C21H21FN2O4/c1-28-21(27)15-4-2-3-5-18(15)24-20(26)17-12-16(17)19(25)23-11-10-13-6-8-14(22)9-7-13/h2-9,16-17H,10-12H2,1H3,(H,23,25)(H,24,26). The van der Waals surface area contributed by atoms with Crippen molar-refractivity contribution in [3.63, 3.8) is 0 Å². The molecule has 1 fully saturated rings. The highest BCUT2D eigenvalue weighted by Gasteiger charge is 2.48. The summed E-state index contributed by atoms with van der Waals surface area (Å²) in [6, 6.07) is 12.7. The van der Waals surface area contributed by atoms with Gasteiger partial charge in [-0.05, 0) is 42.7 Å². The fourth-order valence-corrected chi connectivity index (χ4v) is 2.99. The number of benzene rings is 2. The molecule has 2 unspecified atom stereocenters. The molecule has 1 aliphatic rings. The van der Waals surface area contributed by atoms with E-state index in [9.17, 15) is 18.8 Å². The van der Waals surface area contributed by atoms with Crippen molar-refractivity contribution in [3.05, 3.63) is 65.5 Å². The summed E-state index contributed by atoms with van der Waals surface area (Å²) in [5, 5.41) is 5.51. The quantitative estimate of drug-likeness (QED) is 0.719. The number of hydrogen-bond acceptors (Lipinski definition) is 4. The van der Waals surface area contributed by atoms with Gasteiger partial charge in [0, 0.05) is 6.54 Å². The van der Waals surface area contributed by atoms with E-state index < -0.39 is 11.9 Å². The molecule has 0 bridgehead atoms. The minimum atomic E-state index is -0.540. The largest absolute Gasteiger partial charge is 0.465 e. The van der Waals surface area contributed by atoms with Crippen LogP contribution in [0.25, 0.3) is 0 Å². The maximum Gasteiger partial charge on any atom is 0.339 e. The highest BCUT2D eigenvalue weighted by atomic mass is 19.1. The van der Waals surface area contributed by atoms with Crippen LogP contribution in [-0.4, -0.2) is 31.4 Å². The molecule has 0 saturated heterocycles. The van der Waals surface area contributed by atoms with Crippen LogP contribution < -0.4 is 10.6 Å². The van der Waals surface area contributed by atoms with Gasteiger partial charge in [-0.25, -0.2) is 9.18 Å². The predicted molar refractivity (Wildman–Crippen MR) is 101 cm³/mol. The van der Waals surface area contributed by atoms with E-state index in [-0.39, 0.29) is 29.1 Å². The average Bonchev–Trinajstić information content (AvgIpc) is 3.50. The fraction of sp³-hybridized carbons (Fsp3) is 0.286. The van der Waals surface area contributed by atoms with Gasteiger partial charge in [0.2, 0.25) is 11.8 Å². The molecule has 2 N–H and O–H groups in total. The Morgan fingerprint density at radius 1 is 1.04 bits per heavy atom. The van der Waals surface area contributed by atoms with Crippen molar-refractivity contribution in [2.24, 2.45) is 11.8 Å².